The maximum absolute atomic E-state index is 4.38. The monoisotopic (exact) mass is 253 g/mol. The Morgan fingerprint density at radius 3 is 2.78 bits per heavy atom. The summed E-state index contributed by atoms with van der Waals surface area (Å²) < 4.78 is 2.03. The fraction of sp³-hybridized carbons (Fsp3) is 0.846. The predicted molar refractivity (Wildman–Crippen MR) is 74.4 cm³/mol. The van der Waals surface area contributed by atoms with Gasteiger partial charge in [-0.05, 0) is 19.0 Å². The predicted octanol–water partition coefficient (Wildman–Crippen LogP) is 1.37. The molecule has 0 bridgehead atoms. The van der Waals surface area contributed by atoms with Crippen molar-refractivity contribution in [2.45, 2.75) is 40.8 Å². The molecule has 0 saturated heterocycles. The van der Waals surface area contributed by atoms with Crippen molar-refractivity contribution in [3.63, 3.8) is 0 Å². The Kier molecular flexibility index (Phi) is 6.90. The number of rotatable bonds is 9. The van der Waals surface area contributed by atoms with Gasteiger partial charge >= 0.3 is 0 Å². The molecule has 0 amide bonds. The van der Waals surface area contributed by atoms with Crippen LogP contribution < -0.4 is 5.32 Å². The van der Waals surface area contributed by atoms with E-state index in [2.05, 4.69) is 48.0 Å². The molecule has 5 nitrogen and oxygen atoms in total. The Bertz CT molecular complexity index is 321. The SMILES string of the molecule is CCNCCN(CC)Cc1ncnn1CC(C)C. The van der Waals surface area contributed by atoms with E-state index in [4.69, 9.17) is 0 Å². The van der Waals surface area contributed by atoms with Gasteiger partial charge in [-0.2, -0.15) is 5.10 Å². The first kappa shape index (κ1) is 15.1. The third kappa shape index (κ3) is 5.14. The van der Waals surface area contributed by atoms with Crippen LogP contribution in [0.3, 0.4) is 0 Å². The van der Waals surface area contributed by atoms with Gasteiger partial charge in [0.2, 0.25) is 0 Å². The van der Waals surface area contributed by atoms with Gasteiger partial charge in [-0.25, -0.2) is 9.67 Å². The van der Waals surface area contributed by atoms with Gasteiger partial charge in [-0.1, -0.05) is 27.7 Å². The number of hydrogen-bond donors (Lipinski definition) is 1. The first-order valence-corrected chi connectivity index (χ1v) is 6.97. The molecule has 0 radical (unpaired) electrons. The number of nitrogens with one attached hydrogen (secondary N) is 1. The number of hydrogen-bond acceptors (Lipinski definition) is 4. The van der Waals surface area contributed by atoms with Crippen molar-refractivity contribution in [3.8, 4) is 0 Å². The molecule has 1 aromatic rings. The summed E-state index contributed by atoms with van der Waals surface area (Å²) in [6.07, 6.45) is 1.66. The lowest BCUT2D eigenvalue weighted by Gasteiger charge is -2.20. The molecule has 5 heteroatoms. The molecular weight excluding hydrogens is 226 g/mol. The zero-order chi connectivity index (χ0) is 13.4. The van der Waals surface area contributed by atoms with Crippen molar-refractivity contribution < 1.29 is 0 Å². The maximum atomic E-state index is 4.38. The summed E-state index contributed by atoms with van der Waals surface area (Å²) in [7, 11) is 0. The van der Waals surface area contributed by atoms with Gasteiger partial charge in [0.05, 0.1) is 6.54 Å². The van der Waals surface area contributed by atoms with Gasteiger partial charge in [0.1, 0.15) is 12.2 Å². The fourth-order valence-electron chi connectivity index (χ4n) is 1.87. The van der Waals surface area contributed by atoms with Crippen molar-refractivity contribution in [2.24, 2.45) is 5.92 Å². The standard InChI is InChI=1S/C13H27N5/c1-5-14-7-8-17(6-2)10-13-15-11-16-18(13)9-12(3)4/h11-12,14H,5-10H2,1-4H3. The molecule has 0 aliphatic heterocycles. The number of likely N-dealkylation sites (N-methyl/N-ethyl adjacent to an activating group) is 2. The van der Waals surface area contributed by atoms with Crippen LogP contribution in [0, 0.1) is 5.92 Å². The van der Waals surface area contributed by atoms with E-state index in [9.17, 15) is 0 Å². The van der Waals surface area contributed by atoms with Crippen LogP contribution in [0.2, 0.25) is 0 Å². The molecule has 0 atom stereocenters. The van der Waals surface area contributed by atoms with Gasteiger partial charge in [0.25, 0.3) is 0 Å². The molecule has 1 heterocycles. The van der Waals surface area contributed by atoms with Crippen molar-refractivity contribution in [1.82, 2.24) is 25.0 Å². The summed E-state index contributed by atoms with van der Waals surface area (Å²) in [4.78, 5) is 6.77. The number of aromatic nitrogens is 3. The second-order valence-electron chi connectivity index (χ2n) is 4.97. The summed E-state index contributed by atoms with van der Waals surface area (Å²) >= 11 is 0. The molecular formula is C13H27N5. The van der Waals surface area contributed by atoms with E-state index in [0.717, 1.165) is 45.1 Å². The highest BCUT2D eigenvalue weighted by molar-refractivity contribution is 4.85. The van der Waals surface area contributed by atoms with E-state index in [1.165, 1.54) is 0 Å². The molecule has 0 fully saturated rings. The highest BCUT2D eigenvalue weighted by atomic mass is 15.3. The van der Waals surface area contributed by atoms with Crippen LogP contribution in [0.25, 0.3) is 0 Å². The average molecular weight is 253 g/mol. The summed E-state index contributed by atoms with van der Waals surface area (Å²) in [6.45, 7) is 14.7. The minimum absolute atomic E-state index is 0.599. The molecule has 1 rings (SSSR count). The van der Waals surface area contributed by atoms with Gasteiger partial charge in [0.15, 0.2) is 0 Å². The second kappa shape index (κ2) is 8.21. The minimum atomic E-state index is 0.599. The van der Waals surface area contributed by atoms with Crippen LogP contribution in [-0.2, 0) is 13.1 Å². The smallest absolute Gasteiger partial charge is 0.141 e. The molecule has 0 aromatic carbocycles. The normalized spacial score (nSPS) is 11.7. The lowest BCUT2D eigenvalue weighted by Crippen LogP contribution is -2.32. The van der Waals surface area contributed by atoms with Crippen molar-refractivity contribution >= 4 is 0 Å². The zero-order valence-electron chi connectivity index (χ0n) is 12.2. The Morgan fingerprint density at radius 2 is 2.17 bits per heavy atom. The van der Waals surface area contributed by atoms with Gasteiger partial charge in [-0.15, -0.1) is 0 Å². The van der Waals surface area contributed by atoms with Gasteiger partial charge in [0, 0.05) is 19.6 Å². The first-order chi connectivity index (χ1) is 8.67. The Labute approximate surface area is 111 Å². The average Bonchev–Trinajstić information content (AvgIpc) is 2.74. The zero-order valence-corrected chi connectivity index (χ0v) is 12.2. The van der Waals surface area contributed by atoms with Crippen LogP contribution in [0.5, 0.6) is 0 Å². The molecule has 1 N–H and O–H groups in total. The Morgan fingerprint density at radius 1 is 1.39 bits per heavy atom. The summed E-state index contributed by atoms with van der Waals surface area (Å²) in [5.74, 6) is 1.67. The summed E-state index contributed by atoms with van der Waals surface area (Å²) in [6, 6.07) is 0. The summed E-state index contributed by atoms with van der Waals surface area (Å²) in [5, 5.41) is 7.66. The van der Waals surface area contributed by atoms with Crippen molar-refractivity contribution in [1.29, 1.82) is 0 Å². The molecule has 0 unspecified atom stereocenters. The lowest BCUT2D eigenvalue weighted by atomic mass is 10.2. The van der Waals surface area contributed by atoms with E-state index in [-0.39, 0.29) is 0 Å². The minimum Gasteiger partial charge on any atom is -0.316 e. The van der Waals surface area contributed by atoms with E-state index in [1.807, 2.05) is 4.68 Å². The van der Waals surface area contributed by atoms with E-state index >= 15 is 0 Å². The molecule has 18 heavy (non-hydrogen) atoms. The van der Waals surface area contributed by atoms with Crippen LogP contribution in [0.4, 0.5) is 0 Å². The topological polar surface area (TPSA) is 46.0 Å². The lowest BCUT2D eigenvalue weighted by molar-refractivity contribution is 0.265. The Hall–Kier alpha value is -0.940. The highest BCUT2D eigenvalue weighted by Gasteiger charge is 2.10. The first-order valence-electron chi connectivity index (χ1n) is 6.97. The van der Waals surface area contributed by atoms with Crippen LogP contribution in [0.15, 0.2) is 6.33 Å². The van der Waals surface area contributed by atoms with Crippen LogP contribution in [0.1, 0.15) is 33.5 Å². The van der Waals surface area contributed by atoms with Crippen LogP contribution >= 0.6 is 0 Å². The molecule has 0 aliphatic rings. The fourth-order valence-corrected chi connectivity index (χ4v) is 1.87. The molecule has 104 valence electrons. The Balaban J connectivity index is 2.50. The van der Waals surface area contributed by atoms with Crippen molar-refractivity contribution in [2.75, 3.05) is 26.2 Å². The van der Waals surface area contributed by atoms with E-state index in [0.29, 0.717) is 5.92 Å². The van der Waals surface area contributed by atoms with E-state index < -0.39 is 0 Å². The number of nitrogens with zero attached hydrogens (tertiary/aromatic N) is 4. The molecule has 0 aliphatic carbocycles. The van der Waals surface area contributed by atoms with Gasteiger partial charge in [-0.3, -0.25) is 4.90 Å². The van der Waals surface area contributed by atoms with Crippen molar-refractivity contribution in [3.05, 3.63) is 12.2 Å². The molecule has 1 aromatic heterocycles. The van der Waals surface area contributed by atoms with Crippen LogP contribution in [-0.4, -0.2) is 45.8 Å². The summed E-state index contributed by atoms with van der Waals surface area (Å²) in [5.41, 5.74) is 0. The third-order valence-corrected chi connectivity index (χ3v) is 2.90. The van der Waals surface area contributed by atoms with E-state index in [1.54, 1.807) is 6.33 Å². The molecule has 0 spiro atoms. The van der Waals surface area contributed by atoms with Gasteiger partial charge < -0.3 is 5.32 Å². The highest BCUT2D eigenvalue weighted by Crippen LogP contribution is 2.04. The second-order valence-corrected chi connectivity index (χ2v) is 4.97. The maximum Gasteiger partial charge on any atom is 0.141 e. The molecule has 0 saturated carbocycles. The third-order valence-electron chi connectivity index (χ3n) is 2.90. The quantitative estimate of drug-likeness (QED) is 0.675. The largest absolute Gasteiger partial charge is 0.316 e.